The molecule has 0 atom stereocenters. The van der Waals surface area contributed by atoms with Gasteiger partial charge in [-0.15, -0.1) is 0 Å². The fraction of sp³-hybridized carbons (Fsp3) is 0.227. The molecule has 3 rings (SSSR count). The van der Waals surface area contributed by atoms with Crippen LogP contribution in [0, 0.1) is 6.92 Å². The molecule has 0 aliphatic heterocycles. The van der Waals surface area contributed by atoms with E-state index in [0.717, 1.165) is 29.2 Å². The highest BCUT2D eigenvalue weighted by atomic mass is 16.5. The van der Waals surface area contributed by atoms with Gasteiger partial charge >= 0.3 is 5.97 Å². The minimum Gasteiger partial charge on any atom is -0.496 e. The fourth-order valence-electron chi connectivity index (χ4n) is 2.92. The van der Waals surface area contributed by atoms with Gasteiger partial charge in [-0.3, -0.25) is 0 Å². The summed E-state index contributed by atoms with van der Waals surface area (Å²) in [4.78, 5) is 20.6. The average molecular weight is 392 g/mol. The number of anilines is 3. The highest BCUT2D eigenvalue weighted by molar-refractivity contribution is 5.90. The number of hydrogen-bond acceptors (Lipinski definition) is 7. The van der Waals surface area contributed by atoms with Gasteiger partial charge in [0.05, 0.1) is 19.8 Å². The lowest BCUT2D eigenvalue weighted by Gasteiger charge is -2.12. The molecule has 2 N–H and O–H groups in total. The van der Waals surface area contributed by atoms with E-state index in [0.29, 0.717) is 23.7 Å². The molecule has 0 aliphatic carbocycles. The molecule has 0 spiro atoms. The third kappa shape index (κ3) is 5.44. The van der Waals surface area contributed by atoms with Crippen molar-refractivity contribution in [2.24, 2.45) is 0 Å². The molecule has 1 aromatic heterocycles. The maximum absolute atomic E-state index is 11.7. The van der Waals surface area contributed by atoms with Crippen LogP contribution in [0.5, 0.6) is 5.75 Å². The smallest absolute Gasteiger partial charge is 0.337 e. The van der Waals surface area contributed by atoms with Gasteiger partial charge in [0.1, 0.15) is 11.6 Å². The van der Waals surface area contributed by atoms with E-state index in [-0.39, 0.29) is 0 Å². The Balaban J connectivity index is 1.67. The van der Waals surface area contributed by atoms with Gasteiger partial charge in [0.25, 0.3) is 0 Å². The van der Waals surface area contributed by atoms with Gasteiger partial charge in [-0.05, 0) is 43.2 Å². The number of para-hydroxylation sites is 1. The van der Waals surface area contributed by atoms with Gasteiger partial charge in [0.2, 0.25) is 5.95 Å². The summed E-state index contributed by atoms with van der Waals surface area (Å²) in [5.41, 5.74) is 3.12. The number of aryl methyl sites for hydroxylation is 1. The van der Waals surface area contributed by atoms with Crippen molar-refractivity contribution in [1.29, 1.82) is 0 Å². The molecule has 29 heavy (non-hydrogen) atoms. The molecule has 0 unspecified atom stereocenters. The van der Waals surface area contributed by atoms with Crippen molar-refractivity contribution in [2.75, 3.05) is 31.4 Å². The molecular weight excluding hydrogens is 368 g/mol. The van der Waals surface area contributed by atoms with E-state index in [1.54, 1.807) is 25.3 Å². The largest absolute Gasteiger partial charge is 0.496 e. The second-order valence-electron chi connectivity index (χ2n) is 6.40. The summed E-state index contributed by atoms with van der Waals surface area (Å²) in [6.07, 6.45) is 0.803. The SMILES string of the molecule is COC(=O)c1cccc(Nc2nc(C)cc(NCCc3ccccc3OC)n2)c1. The van der Waals surface area contributed by atoms with E-state index in [1.165, 1.54) is 7.11 Å². The Labute approximate surface area is 170 Å². The van der Waals surface area contributed by atoms with Crippen LogP contribution in [-0.4, -0.2) is 36.7 Å². The van der Waals surface area contributed by atoms with Crippen molar-refractivity contribution in [1.82, 2.24) is 9.97 Å². The molecule has 3 aromatic rings. The minimum atomic E-state index is -0.391. The summed E-state index contributed by atoms with van der Waals surface area (Å²) in [6, 6.07) is 16.8. The molecular formula is C22H24N4O3. The highest BCUT2D eigenvalue weighted by Crippen LogP contribution is 2.19. The summed E-state index contributed by atoms with van der Waals surface area (Å²) < 4.78 is 10.2. The average Bonchev–Trinajstić information content (AvgIpc) is 2.73. The van der Waals surface area contributed by atoms with Crippen molar-refractivity contribution < 1.29 is 14.3 Å². The molecule has 0 bridgehead atoms. The van der Waals surface area contributed by atoms with Crippen molar-refractivity contribution in [3.05, 3.63) is 71.4 Å². The Morgan fingerprint density at radius 2 is 1.86 bits per heavy atom. The Bertz CT molecular complexity index is 991. The summed E-state index contributed by atoms with van der Waals surface area (Å²) >= 11 is 0. The van der Waals surface area contributed by atoms with Gasteiger partial charge in [-0.25, -0.2) is 9.78 Å². The van der Waals surface area contributed by atoms with Crippen LogP contribution in [0.25, 0.3) is 0 Å². The topological polar surface area (TPSA) is 85.4 Å². The maximum Gasteiger partial charge on any atom is 0.337 e. The second-order valence-corrected chi connectivity index (χ2v) is 6.40. The number of nitrogens with zero attached hydrogens (tertiary/aromatic N) is 2. The molecule has 150 valence electrons. The van der Waals surface area contributed by atoms with E-state index in [9.17, 15) is 4.79 Å². The van der Waals surface area contributed by atoms with Gasteiger partial charge in [0.15, 0.2) is 0 Å². The van der Waals surface area contributed by atoms with E-state index >= 15 is 0 Å². The van der Waals surface area contributed by atoms with E-state index in [4.69, 9.17) is 9.47 Å². The quantitative estimate of drug-likeness (QED) is 0.561. The number of nitrogens with one attached hydrogen (secondary N) is 2. The first-order chi connectivity index (χ1) is 14.1. The first kappa shape index (κ1) is 20.1. The van der Waals surface area contributed by atoms with E-state index < -0.39 is 5.97 Å². The number of ether oxygens (including phenoxy) is 2. The molecule has 7 heteroatoms. The number of rotatable bonds is 8. The van der Waals surface area contributed by atoms with Gasteiger partial charge < -0.3 is 20.1 Å². The van der Waals surface area contributed by atoms with Crippen LogP contribution < -0.4 is 15.4 Å². The monoisotopic (exact) mass is 392 g/mol. The summed E-state index contributed by atoms with van der Waals surface area (Å²) in [5.74, 6) is 1.66. The summed E-state index contributed by atoms with van der Waals surface area (Å²) in [7, 11) is 3.03. The number of benzene rings is 2. The molecule has 0 fully saturated rings. The normalized spacial score (nSPS) is 10.3. The number of carbonyl (C=O) groups excluding carboxylic acids is 1. The predicted octanol–water partition coefficient (Wildman–Crippen LogP) is 3.98. The first-order valence-electron chi connectivity index (χ1n) is 9.26. The zero-order valence-electron chi connectivity index (χ0n) is 16.7. The molecule has 0 amide bonds. The van der Waals surface area contributed by atoms with Gasteiger partial charge in [0, 0.05) is 24.0 Å². The van der Waals surface area contributed by atoms with Crippen LogP contribution in [0.15, 0.2) is 54.6 Å². The van der Waals surface area contributed by atoms with Gasteiger partial charge in [-0.2, -0.15) is 4.98 Å². The fourth-order valence-corrected chi connectivity index (χ4v) is 2.92. The molecule has 0 saturated carbocycles. The Kier molecular flexibility index (Phi) is 6.63. The predicted molar refractivity (Wildman–Crippen MR) is 113 cm³/mol. The van der Waals surface area contributed by atoms with Crippen LogP contribution in [0.1, 0.15) is 21.6 Å². The van der Waals surface area contributed by atoms with E-state index in [2.05, 4.69) is 20.6 Å². The first-order valence-corrected chi connectivity index (χ1v) is 9.26. The lowest BCUT2D eigenvalue weighted by molar-refractivity contribution is 0.0601. The molecule has 2 aromatic carbocycles. The lowest BCUT2D eigenvalue weighted by Crippen LogP contribution is -2.09. The number of methoxy groups -OCH3 is 2. The lowest BCUT2D eigenvalue weighted by atomic mass is 10.1. The Hall–Kier alpha value is -3.61. The number of carbonyl (C=O) groups is 1. The number of hydrogen-bond donors (Lipinski definition) is 2. The van der Waals surface area contributed by atoms with Crippen molar-refractivity contribution in [3.63, 3.8) is 0 Å². The summed E-state index contributed by atoms with van der Waals surface area (Å²) in [6.45, 7) is 2.61. The van der Waals surface area contributed by atoms with Crippen LogP contribution in [0.3, 0.4) is 0 Å². The Morgan fingerprint density at radius 1 is 1.03 bits per heavy atom. The van der Waals surface area contributed by atoms with Crippen LogP contribution >= 0.6 is 0 Å². The number of esters is 1. The van der Waals surface area contributed by atoms with Crippen LogP contribution in [0.4, 0.5) is 17.5 Å². The van der Waals surface area contributed by atoms with Crippen molar-refractivity contribution in [3.8, 4) is 5.75 Å². The summed E-state index contributed by atoms with van der Waals surface area (Å²) in [5, 5.41) is 6.47. The second kappa shape index (κ2) is 9.54. The molecule has 1 heterocycles. The van der Waals surface area contributed by atoms with Crippen molar-refractivity contribution in [2.45, 2.75) is 13.3 Å². The zero-order chi connectivity index (χ0) is 20.6. The molecule has 7 nitrogen and oxygen atoms in total. The molecule has 0 saturated heterocycles. The van der Waals surface area contributed by atoms with Crippen molar-refractivity contribution >= 4 is 23.4 Å². The number of aromatic nitrogens is 2. The minimum absolute atomic E-state index is 0.391. The third-order valence-electron chi connectivity index (χ3n) is 4.29. The highest BCUT2D eigenvalue weighted by Gasteiger charge is 2.08. The zero-order valence-corrected chi connectivity index (χ0v) is 16.7. The standard InChI is InChI=1S/C22H24N4O3/c1-15-13-20(23-12-11-16-7-4-5-10-19(16)28-2)26-22(24-15)25-18-9-6-8-17(14-18)21(27)29-3/h4-10,13-14H,11-12H2,1-3H3,(H2,23,24,25,26). The van der Waals surface area contributed by atoms with Crippen LogP contribution in [-0.2, 0) is 11.2 Å². The van der Waals surface area contributed by atoms with Crippen LogP contribution in [0.2, 0.25) is 0 Å². The van der Waals surface area contributed by atoms with E-state index in [1.807, 2.05) is 43.3 Å². The molecule has 0 aliphatic rings. The maximum atomic E-state index is 11.7. The van der Waals surface area contributed by atoms with Gasteiger partial charge in [-0.1, -0.05) is 24.3 Å². The Morgan fingerprint density at radius 3 is 2.66 bits per heavy atom. The molecule has 0 radical (unpaired) electrons. The third-order valence-corrected chi connectivity index (χ3v) is 4.29.